The number of fused-ring (bicyclic) bond motifs is 2. The minimum Gasteiger partial charge on any atom is -0.497 e. The summed E-state index contributed by atoms with van der Waals surface area (Å²) in [5.74, 6) is 0.583. The molecule has 3 aromatic heterocycles. The van der Waals surface area contributed by atoms with Gasteiger partial charge in [0.05, 0.1) is 61.1 Å². The van der Waals surface area contributed by atoms with Crippen LogP contribution in [0.4, 0.5) is 0 Å². The molecule has 4 amide bonds. The lowest BCUT2D eigenvalue weighted by atomic mass is 9.83. The second-order valence-electron chi connectivity index (χ2n) is 18.5. The van der Waals surface area contributed by atoms with Crippen LogP contribution < -0.4 is 30.2 Å². The van der Waals surface area contributed by atoms with Gasteiger partial charge in [-0.15, -0.1) is 11.3 Å². The number of carbonyl (C=O) groups is 4. The third-order valence-electron chi connectivity index (χ3n) is 14.0. The van der Waals surface area contributed by atoms with Gasteiger partial charge in [-0.25, -0.2) is 18.4 Å². The summed E-state index contributed by atoms with van der Waals surface area (Å²) in [6.45, 7) is 4.98. The Balaban J connectivity index is 0.758. The number of nitrogens with one attached hydrogen (secondary N) is 3. The molecule has 22 heteroatoms. The number of piperazine rings is 1. The van der Waals surface area contributed by atoms with E-state index in [-0.39, 0.29) is 98.6 Å². The molecular weight excluding hydrogens is 979 g/mol. The van der Waals surface area contributed by atoms with Gasteiger partial charge in [-0.05, 0) is 93.4 Å². The van der Waals surface area contributed by atoms with E-state index < -0.39 is 28.0 Å². The maximum atomic E-state index is 14.4. The average molecular weight is 1050 g/mol. The van der Waals surface area contributed by atoms with Crippen molar-refractivity contribution >= 4 is 66.1 Å². The van der Waals surface area contributed by atoms with Gasteiger partial charge in [0, 0.05) is 64.3 Å². The first-order chi connectivity index (χ1) is 35.4. The van der Waals surface area contributed by atoms with Crippen molar-refractivity contribution in [1.29, 1.82) is 0 Å². The highest BCUT2D eigenvalue weighted by Crippen LogP contribution is 2.33. The number of thiophene rings is 1. The van der Waals surface area contributed by atoms with Crippen LogP contribution in [-0.2, 0) is 36.1 Å². The zero-order valence-electron chi connectivity index (χ0n) is 42.0. The standard InChI is InChI=1S/C51H67N9O11S2/c1-34(52-2)47(61)56-44(35-8-6-5-7-9-35)50(63)58-22-24-59(25-23-58)51(64)45-43(40-15-12-38(67-4)32-42(40)57(45)3)48(62)53-19-26-68-27-28-69-29-30-70-36-10-13-39(14-11-36)73(65,66)60-20-16-37(17-21-60)71-49-46-41(18-31-72-46)54-33-55-49/h10-15,18,31-35,37,44,52H,5-9,16-17,19-30H2,1-4H3,(H,53,62)(H,56,61)/t34-,44?/m0/s1. The molecule has 1 aliphatic carbocycles. The van der Waals surface area contributed by atoms with E-state index in [1.165, 1.54) is 22.0 Å². The third-order valence-corrected chi connectivity index (χ3v) is 16.8. The van der Waals surface area contributed by atoms with Crippen LogP contribution in [0, 0.1) is 5.92 Å². The Labute approximate surface area is 430 Å². The van der Waals surface area contributed by atoms with Gasteiger partial charge < -0.3 is 54.0 Å². The van der Waals surface area contributed by atoms with Crippen LogP contribution in [0.25, 0.3) is 21.1 Å². The van der Waals surface area contributed by atoms with Crippen molar-refractivity contribution in [2.75, 3.05) is 93.0 Å². The number of carbonyl (C=O) groups excluding carboxylic acids is 4. The molecule has 2 saturated heterocycles. The number of aromatic nitrogens is 3. The summed E-state index contributed by atoms with van der Waals surface area (Å²) in [5, 5.41) is 11.4. The number of rotatable bonds is 22. The van der Waals surface area contributed by atoms with E-state index in [4.69, 9.17) is 23.7 Å². The molecule has 5 aromatic rings. The topological polar surface area (TPSA) is 225 Å². The van der Waals surface area contributed by atoms with Gasteiger partial charge in [-0.2, -0.15) is 4.31 Å². The molecule has 2 aliphatic heterocycles. The minimum absolute atomic E-state index is 0.0561. The van der Waals surface area contributed by atoms with E-state index in [9.17, 15) is 27.6 Å². The molecule has 3 aliphatic rings. The number of amides is 4. The van der Waals surface area contributed by atoms with Crippen molar-refractivity contribution in [2.24, 2.45) is 13.0 Å². The zero-order chi connectivity index (χ0) is 51.5. The Morgan fingerprint density at radius 2 is 1.51 bits per heavy atom. The first kappa shape index (κ1) is 53.4. The second kappa shape index (κ2) is 24.9. The molecule has 1 unspecified atom stereocenters. The first-order valence-electron chi connectivity index (χ1n) is 25.1. The lowest BCUT2D eigenvalue weighted by Gasteiger charge is -2.39. The fourth-order valence-corrected chi connectivity index (χ4v) is 11.9. The second-order valence-corrected chi connectivity index (χ2v) is 21.4. The zero-order valence-corrected chi connectivity index (χ0v) is 43.6. The molecule has 2 aromatic carbocycles. The van der Waals surface area contributed by atoms with E-state index >= 15 is 0 Å². The normalized spacial score (nSPS) is 17.1. The minimum atomic E-state index is -3.70. The van der Waals surface area contributed by atoms with Crippen molar-refractivity contribution in [3.63, 3.8) is 0 Å². The van der Waals surface area contributed by atoms with Crippen LogP contribution in [0.1, 0.15) is 72.7 Å². The summed E-state index contributed by atoms with van der Waals surface area (Å²) >= 11 is 1.51. The molecule has 0 radical (unpaired) electrons. The van der Waals surface area contributed by atoms with Gasteiger partial charge in [-0.1, -0.05) is 19.3 Å². The summed E-state index contributed by atoms with van der Waals surface area (Å²) in [7, 11) is 1.32. The quantitative estimate of drug-likeness (QED) is 0.0826. The van der Waals surface area contributed by atoms with Gasteiger partial charge in [-0.3, -0.25) is 19.2 Å². The number of ether oxygens (including phenoxy) is 5. The summed E-state index contributed by atoms with van der Waals surface area (Å²) in [6.07, 6.45) is 7.32. The smallest absolute Gasteiger partial charge is 0.271 e. The highest BCUT2D eigenvalue weighted by molar-refractivity contribution is 7.89. The van der Waals surface area contributed by atoms with Crippen molar-refractivity contribution in [3.05, 3.63) is 71.5 Å². The predicted molar refractivity (Wildman–Crippen MR) is 275 cm³/mol. The number of likely N-dealkylation sites (N-methyl/N-ethyl adjacent to an activating group) is 1. The van der Waals surface area contributed by atoms with E-state index in [0.717, 1.165) is 42.3 Å². The Hall–Kier alpha value is -5.91. The van der Waals surface area contributed by atoms with Crippen LogP contribution in [-0.4, -0.2) is 172 Å². The van der Waals surface area contributed by atoms with E-state index in [2.05, 4.69) is 25.9 Å². The largest absolute Gasteiger partial charge is 0.497 e. The van der Waals surface area contributed by atoms with Crippen LogP contribution >= 0.6 is 11.3 Å². The fourth-order valence-electron chi connectivity index (χ4n) is 9.68. The Morgan fingerprint density at radius 3 is 2.22 bits per heavy atom. The fraction of sp³-hybridized carbons (Fsp3) is 0.529. The van der Waals surface area contributed by atoms with Gasteiger partial charge in [0.25, 0.3) is 11.8 Å². The maximum absolute atomic E-state index is 14.4. The molecule has 0 bridgehead atoms. The maximum Gasteiger partial charge on any atom is 0.271 e. The molecule has 20 nitrogen and oxygen atoms in total. The summed E-state index contributed by atoms with van der Waals surface area (Å²) < 4.78 is 59.8. The lowest BCUT2D eigenvalue weighted by molar-refractivity contribution is -0.140. The van der Waals surface area contributed by atoms with Crippen molar-refractivity contribution in [2.45, 2.75) is 75.0 Å². The van der Waals surface area contributed by atoms with Crippen molar-refractivity contribution in [3.8, 4) is 17.4 Å². The number of hydrogen-bond acceptors (Lipinski definition) is 15. The monoisotopic (exact) mass is 1050 g/mol. The van der Waals surface area contributed by atoms with Crippen LogP contribution in [0.15, 0.2) is 65.1 Å². The molecule has 73 heavy (non-hydrogen) atoms. The molecule has 8 rings (SSSR count). The van der Waals surface area contributed by atoms with E-state index in [0.29, 0.717) is 67.3 Å². The highest BCUT2D eigenvalue weighted by atomic mass is 32.2. The van der Waals surface area contributed by atoms with E-state index in [1.54, 1.807) is 85.0 Å². The average Bonchev–Trinajstić information content (AvgIpc) is 4.03. The molecule has 1 saturated carbocycles. The van der Waals surface area contributed by atoms with Crippen LogP contribution in [0.5, 0.6) is 17.4 Å². The number of benzene rings is 2. The highest BCUT2D eigenvalue weighted by Gasteiger charge is 2.38. The van der Waals surface area contributed by atoms with Crippen molar-refractivity contribution in [1.82, 2.24) is 44.6 Å². The number of sulfonamides is 1. The number of nitrogens with zero attached hydrogens (tertiary/aromatic N) is 6. The van der Waals surface area contributed by atoms with Gasteiger partial charge in [0.15, 0.2) is 0 Å². The van der Waals surface area contributed by atoms with Gasteiger partial charge in [0.1, 0.15) is 47.0 Å². The van der Waals surface area contributed by atoms with Gasteiger partial charge >= 0.3 is 0 Å². The summed E-state index contributed by atoms with van der Waals surface area (Å²) in [4.78, 5) is 67.5. The Morgan fingerprint density at radius 1 is 0.822 bits per heavy atom. The third kappa shape index (κ3) is 12.7. The number of hydrogen-bond donors (Lipinski definition) is 3. The molecule has 3 fully saturated rings. The SMILES string of the molecule is CN[C@@H](C)C(=O)NC(C(=O)N1CCN(C(=O)c2c(C(=O)NCCOCCOCCOc3ccc(S(=O)(=O)N4CCC(Oc5ncnc6ccsc56)CC4)cc3)c3ccc(OC)cc3n2C)CC1)C1CCCCC1. The number of methoxy groups -OCH3 is 1. The van der Waals surface area contributed by atoms with E-state index in [1.807, 2.05) is 11.4 Å². The lowest BCUT2D eigenvalue weighted by Crippen LogP contribution is -2.59. The first-order valence-corrected chi connectivity index (χ1v) is 27.4. The van der Waals surface area contributed by atoms with Crippen LogP contribution in [0.3, 0.4) is 0 Å². The van der Waals surface area contributed by atoms with Gasteiger partial charge in [0.2, 0.25) is 27.7 Å². The Kier molecular flexibility index (Phi) is 18.2. The predicted octanol–water partition coefficient (Wildman–Crippen LogP) is 4.22. The summed E-state index contributed by atoms with van der Waals surface area (Å²) in [5.41, 5.74) is 1.95. The molecule has 5 heterocycles. The summed E-state index contributed by atoms with van der Waals surface area (Å²) in [6, 6.07) is 12.5. The molecule has 2 atom stereocenters. The Bertz CT molecular complexity index is 2800. The number of aryl methyl sites for hydroxylation is 1. The van der Waals surface area contributed by atoms with Crippen molar-refractivity contribution < 1.29 is 51.3 Å². The molecule has 3 N–H and O–H groups in total. The number of piperidine rings is 1. The van der Waals surface area contributed by atoms with Crippen LogP contribution in [0.2, 0.25) is 0 Å². The molecule has 394 valence electrons. The molecular formula is C51H67N9O11S2. The molecule has 0 spiro atoms.